The van der Waals surface area contributed by atoms with E-state index >= 15 is 0 Å². The van der Waals surface area contributed by atoms with Gasteiger partial charge in [0.25, 0.3) is 5.69 Å². The molecule has 1 heterocycles. The molecule has 5 heteroatoms. The summed E-state index contributed by atoms with van der Waals surface area (Å²) in [4.78, 5) is 13.0. The molecule has 1 aromatic carbocycles. The molecule has 1 unspecified atom stereocenters. The van der Waals surface area contributed by atoms with Crippen LogP contribution < -0.4 is 5.73 Å². The average molecular weight is 249 g/mol. The van der Waals surface area contributed by atoms with Crippen molar-refractivity contribution in [3.63, 3.8) is 0 Å². The van der Waals surface area contributed by atoms with Gasteiger partial charge in [-0.3, -0.25) is 15.0 Å². The van der Waals surface area contributed by atoms with Gasteiger partial charge >= 0.3 is 0 Å². The number of rotatable bonds is 3. The van der Waals surface area contributed by atoms with Gasteiger partial charge in [0.2, 0.25) is 0 Å². The number of nitrogens with two attached hydrogens (primary N) is 1. The summed E-state index contributed by atoms with van der Waals surface area (Å²) in [5, 5.41) is 11.0. The predicted molar refractivity (Wildman–Crippen MR) is 70.3 cm³/mol. The van der Waals surface area contributed by atoms with Crippen molar-refractivity contribution in [1.82, 2.24) is 4.90 Å². The van der Waals surface area contributed by atoms with Gasteiger partial charge in [-0.1, -0.05) is 18.2 Å². The normalized spacial score (nSPS) is 19.7. The number of hydrogen-bond donors (Lipinski definition) is 1. The fraction of sp³-hybridized carbons (Fsp3) is 0.538. The molecule has 0 amide bonds. The van der Waals surface area contributed by atoms with Crippen LogP contribution in [0.4, 0.5) is 5.69 Å². The number of para-hydroxylation sites is 1. The molecule has 1 aromatic rings. The SMILES string of the molecule is CC(c1ccccc1[N+](=O)[O-])N1CCC(N)CC1. The zero-order chi connectivity index (χ0) is 13.1. The number of nitrogens with zero attached hydrogens (tertiary/aromatic N) is 2. The van der Waals surface area contributed by atoms with Crippen LogP contribution in [0.15, 0.2) is 24.3 Å². The van der Waals surface area contributed by atoms with Crippen LogP contribution in [-0.4, -0.2) is 29.0 Å². The molecule has 2 N–H and O–H groups in total. The van der Waals surface area contributed by atoms with Crippen LogP contribution >= 0.6 is 0 Å². The Hall–Kier alpha value is -1.46. The summed E-state index contributed by atoms with van der Waals surface area (Å²) in [6.07, 6.45) is 1.93. The molecule has 1 aliphatic heterocycles. The Balaban J connectivity index is 2.18. The Morgan fingerprint density at radius 2 is 2.00 bits per heavy atom. The van der Waals surface area contributed by atoms with Crippen molar-refractivity contribution >= 4 is 5.69 Å². The van der Waals surface area contributed by atoms with Crippen LogP contribution in [0.5, 0.6) is 0 Å². The minimum atomic E-state index is -0.304. The topological polar surface area (TPSA) is 72.4 Å². The van der Waals surface area contributed by atoms with Gasteiger partial charge in [-0.05, 0) is 19.8 Å². The molecule has 1 saturated heterocycles. The summed E-state index contributed by atoms with van der Waals surface area (Å²) >= 11 is 0. The lowest BCUT2D eigenvalue weighted by Gasteiger charge is -2.34. The van der Waals surface area contributed by atoms with Gasteiger partial charge in [0.05, 0.1) is 4.92 Å². The highest BCUT2D eigenvalue weighted by Crippen LogP contribution is 2.30. The average Bonchev–Trinajstić information content (AvgIpc) is 2.39. The van der Waals surface area contributed by atoms with Gasteiger partial charge in [0.1, 0.15) is 0 Å². The molecule has 0 saturated carbocycles. The van der Waals surface area contributed by atoms with Crippen molar-refractivity contribution in [3.05, 3.63) is 39.9 Å². The van der Waals surface area contributed by atoms with Crippen LogP contribution in [0.25, 0.3) is 0 Å². The zero-order valence-corrected chi connectivity index (χ0v) is 10.6. The summed E-state index contributed by atoms with van der Waals surface area (Å²) in [7, 11) is 0. The highest BCUT2D eigenvalue weighted by atomic mass is 16.6. The first kappa shape index (κ1) is 13.0. The highest BCUT2D eigenvalue weighted by molar-refractivity contribution is 5.41. The second kappa shape index (κ2) is 5.46. The van der Waals surface area contributed by atoms with Crippen molar-refractivity contribution in [2.45, 2.75) is 31.8 Å². The second-order valence-electron chi connectivity index (χ2n) is 4.87. The standard InChI is InChI=1S/C13H19N3O2/c1-10(15-8-6-11(14)7-9-15)12-4-2-3-5-13(12)16(17)18/h2-5,10-11H,6-9,14H2,1H3. The van der Waals surface area contributed by atoms with E-state index in [1.165, 1.54) is 0 Å². The maximum atomic E-state index is 11.0. The maximum Gasteiger partial charge on any atom is 0.274 e. The van der Waals surface area contributed by atoms with Crippen LogP contribution in [0.3, 0.4) is 0 Å². The lowest BCUT2D eigenvalue weighted by molar-refractivity contribution is -0.386. The summed E-state index contributed by atoms with van der Waals surface area (Å²) in [6.45, 7) is 3.85. The van der Waals surface area contributed by atoms with E-state index in [1.54, 1.807) is 12.1 Å². The van der Waals surface area contributed by atoms with E-state index in [2.05, 4.69) is 4.90 Å². The summed E-state index contributed by atoms with van der Waals surface area (Å²) in [5.41, 5.74) is 6.88. The number of nitro benzene ring substituents is 1. The number of nitro groups is 1. The Morgan fingerprint density at radius 1 is 1.39 bits per heavy atom. The fourth-order valence-electron chi connectivity index (χ4n) is 2.51. The number of likely N-dealkylation sites (tertiary alicyclic amines) is 1. The Morgan fingerprint density at radius 3 is 2.61 bits per heavy atom. The van der Waals surface area contributed by atoms with Crippen LogP contribution in [-0.2, 0) is 0 Å². The lowest BCUT2D eigenvalue weighted by atomic mass is 10.00. The first-order valence-electron chi connectivity index (χ1n) is 6.32. The van der Waals surface area contributed by atoms with E-state index in [9.17, 15) is 10.1 Å². The van der Waals surface area contributed by atoms with Gasteiger partial charge in [-0.15, -0.1) is 0 Å². The molecule has 5 nitrogen and oxygen atoms in total. The Labute approximate surface area is 107 Å². The minimum absolute atomic E-state index is 0.0686. The molecule has 1 atom stereocenters. The molecular weight excluding hydrogens is 230 g/mol. The van der Waals surface area contributed by atoms with Crippen LogP contribution in [0.1, 0.15) is 31.4 Å². The number of piperidine rings is 1. The van der Waals surface area contributed by atoms with Gasteiger partial charge in [-0.25, -0.2) is 0 Å². The van der Waals surface area contributed by atoms with E-state index in [1.807, 2.05) is 19.1 Å². The van der Waals surface area contributed by atoms with Crippen molar-refractivity contribution in [1.29, 1.82) is 0 Å². The maximum absolute atomic E-state index is 11.0. The van der Waals surface area contributed by atoms with E-state index in [4.69, 9.17) is 5.73 Å². The van der Waals surface area contributed by atoms with E-state index < -0.39 is 0 Å². The minimum Gasteiger partial charge on any atom is -0.328 e. The van der Waals surface area contributed by atoms with Crippen molar-refractivity contribution in [3.8, 4) is 0 Å². The third-order valence-electron chi connectivity index (χ3n) is 3.71. The molecule has 1 fully saturated rings. The Kier molecular flexibility index (Phi) is 3.93. The Bertz CT molecular complexity index is 428. The van der Waals surface area contributed by atoms with Gasteiger partial charge in [-0.2, -0.15) is 0 Å². The van der Waals surface area contributed by atoms with Crippen molar-refractivity contribution in [2.75, 3.05) is 13.1 Å². The lowest BCUT2D eigenvalue weighted by Crippen LogP contribution is -2.40. The summed E-state index contributed by atoms with van der Waals surface area (Å²) < 4.78 is 0. The number of hydrogen-bond acceptors (Lipinski definition) is 4. The predicted octanol–water partition coefficient (Wildman–Crippen LogP) is 2.08. The fourth-order valence-corrected chi connectivity index (χ4v) is 2.51. The third-order valence-corrected chi connectivity index (χ3v) is 3.71. The molecule has 0 aromatic heterocycles. The van der Waals surface area contributed by atoms with Crippen molar-refractivity contribution in [2.24, 2.45) is 5.73 Å². The quantitative estimate of drug-likeness (QED) is 0.657. The molecule has 18 heavy (non-hydrogen) atoms. The molecular formula is C13H19N3O2. The van der Waals surface area contributed by atoms with Crippen LogP contribution in [0, 0.1) is 10.1 Å². The first-order chi connectivity index (χ1) is 8.59. The van der Waals surface area contributed by atoms with Crippen LogP contribution in [0.2, 0.25) is 0 Å². The highest BCUT2D eigenvalue weighted by Gasteiger charge is 2.26. The molecule has 2 rings (SSSR count). The second-order valence-corrected chi connectivity index (χ2v) is 4.87. The zero-order valence-electron chi connectivity index (χ0n) is 10.6. The molecule has 0 aliphatic carbocycles. The monoisotopic (exact) mass is 249 g/mol. The molecule has 0 spiro atoms. The van der Waals surface area contributed by atoms with E-state index in [-0.39, 0.29) is 22.7 Å². The van der Waals surface area contributed by atoms with Gasteiger partial charge < -0.3 is 5.73 Å². The third kappa shape index (κ3) is 2.68. The molecule has 0 bridgehead atoms. The first-order valence-corrected chi connectivity index (χ1v) is 6.32. The smallest absolute Gasteiger partial charge is 0.274 e. The molecule has 1 aliphatic rings. The van der Waals surface area contributed by atoms with E-state index in [0.29, 0.717) is 0 Å². The number of benzene rings is 1. The van der Waals surface area contributed by atoms with Gasteiger partial charge in [0, 0.05) is 36.8 Å². The van der Waals surface area contributed by atoms with Crippen molar-refractivity contribution < 1.29 is 4.92 Å². The molecule has 98 valence electrons. The molecule has 0 radical (unpaired) electrons. The van der Waals surface area contributed by atoms with E-state index in [0.717, 1.165) is 31.5 Å². The summed E-state index contributed by atoms with van der Waals surface area (Å²) in [6, 6.07) is 7.33. The van der Waals surface area contributed by atoms with Gasteiger partial charge in [0.15, 0.2) is 0 Å². The largest absolute Gasteiger partial charge is 0.328 e. The summed E-state index contributed by atoms with van der Waals surface area (Å²) in [5.74, 6) is 0.